The Hall–Kier alpha value is -3.14. The third-order valence-electron chi connectivity index (χ3n) is 4.37. The Kier molecular flexibility index (Phi) is 4.87. The first-order valence-electron chi connectivity index (χ1n) is 8.50. The molecule has 0 radical (unpaired) electrons. The number of halogens is 1. The van der Waals surface area contributed by atoms with Crippen LogP contribution in [0.5, 0.6) is 0 Å². The highest BCUT2D eigenvalue weighted by atomic mass is 35.5. The minimum atomic E-state index is -3.73. The van der Waals surface area contributed by atoms with Gasteiger partial charge in [-0.2, -0.15) is 9.61 Å². The lowest BCUT2D eigenvalue weighted by Gasteiger charge is -2.12. The van der Waals surface area contributed by atoms with Gasteiger partial charge in [0.15, 0.2) is 5.65 Å². The van der Waals surface area contributed by atoms with E-state index >= 15 is 0 Å². The van der Waals surface area contributed by atoms with Crippen LogP contribution in [0, 0.1) is 0 Å². The van der Waals surface area contributed by atoms with Crippen molar-refractivity contribution in [1.82, 2.24) is 14.6 Å². The average molecular weight is 430 g/mol. The highest BCUT2D eigenvalue weighted by molar-refractivity contribution is 7.92. The first-order chi connectivity index (χ1) is 13.9. The van der Waals surface area contributed by atoms with Crippen LogP contribution in [0.2, 0.25) is 5.02 Å². The molecule has 0 aliphatic heterocycles. The number of nitrogen functional groups attached to an aromatic ring is 1. The van der Waals surface area contributed by atoms with E-state index in [9.17, 15) is 13.5 Å². The molecule has 0 spiro atoms. The Morgan fingerprint density at radius 2 is 1.86 bits per heavy atom. The van der Waals surface area contributed by atoms with Crippen molar-refractivity contribution in [3.8, 4) is 11.1 Å². The van der Waals surface area contributed by atoms with E-state index < -0.39 is 10.0 Å². The van der Waals surface area contributed by atoms with Gasteiger partial charge in [0.25, 0.3) is 10.0 Å². The number of aromatic nitrogens is 3. The molecule has 0 amide bonds. The van der Waals surface area contributed by atoms with E-state index in [0.29, 0.717) is 38.9 Å². The minimum Gasteiger partial charge on any atom is -0.391 e. The van der Waals surface area contributed by atoms with E-state index in [1.54, 1.807) is 36.5 Å². The van der Waals surface area contributed by atoms with Crippen LogP contribution >= 0.6 is 11.6 Å². The van der Waals surface area contributed by atoms with E-state index in [0.717, 1.165) is 0 Å². The largest absolute Gasteiger partial charge is 0.391 e. The van der Waals surface area contributed by atoms with Gasteiger partial charge >= 0.3 is 0 Å². The monoisotopic (exact) mass is 429 g/mol. The van der Waals surface area contributed by atoms with Gasteiger partial charge in [-0.3, -0.25) is 4.72 Å². The Morgan fingerprint density at radius 3 is 2.55 bits per heavy atom. The van der Waals surface area contributed by atoms with Crippen molar-refractivity contribution in [2.75, 3.05) is 10.5 Å². The number of benzene rings is 2. The van der Waals surface area contributed by atoms with Crippen molar-refractivity contribution in [1.29, 1.82) is 0 Å². The number of nitrogens with one attached hydrogen (secondary N) is 1. The van der Waals surface area contributed by atoms with Crippen molar-refractivity contribution in [2.45, 2.75) is 11.5 Å². The molecule has 0 atom stereocenters. The zero-order chi connectivity index (χ0) is 20.6. The second kappa shape index (κ2) is 7.36. The summed E-state index contributed by atoms with van der Waals surface area (Å²) in [7, 11) is -3.73. The Bertz CT molecular complexity index is 1310. The molecule has 8 nitrogen and oxygen atoms in total. The van der Waals surface area contributed by atoms with Gasteiger partial charge in [-0.1, -0.05) is 35.9 Å². The molecule has 0 aliphatic carbocycles. The van der Waals surface area contributed by atoms with Gasteiger partial charge < -0.3 is 10.8 Å². The van der Waals surface area contributed by atoms with Crippen molar-refractivity contribution in [3.63, 3.8) is 0 Å². The maximum absolute atomic E-state index is 12.5. The quantitative estimate of drug-likeness (QED) is 0.448. The molecule has 0 aliphatic rings. The molecule has 2 aromatic carbocycles. The maximum Gasteiger partial charge on any atom is 0.261 e. The van der Waals surface area contributed by atoms with E-state index in [1.807, 2.05) is 0 Å². The molecule has 10 heteroatoms. The van der Waals surface area contributed by atoms with Crippen LogP contribution in [-0.2, 0) is 16.6 Å². The summed E-state index contributed by atoms with van der Waals surface area (Å²) >= 11 is 6.41. The summed E-state index contributed by atoms with van der Waals surface area (Å²) in [6.45, 7) is -0.202. The van der Waals surface area contributed by atoms with Crippen molar-refractivity contribution in [2.24, 2.45) is 0 Å². The van der Waals surface area contributed by atoms with E-state index in [1.165, 1.54) is 28.9 Å². The highest BCUT2D eigenvalue weighted by Gasteiger charge is 2.17. The first kappa shape index (κ1) is 19.2. The summed E-state index contributed by atoms with van der Waals surface area (Å²) in [4.78, 5) is 4.45. The van der Waals surface area contributed by atoms with Gasteiger partial charge in [-0.25, -0.2) is 13.4 Å². The SMILES string of the molecule is Nc1c(-c2ccc(NS(=O)(=O)c3ccccc3)cc2Cl)cnc2c(CO)cnn12. The Morgan fingerprint density at radius 1 is 1.10 bits per heavy atom. The predicted molar refractivity (Wildman–Crippen MR) is 111 cm³/mol. The van der Waals surface area contributed by atoms with Crippen LogP contribution in [0.1, 0.15) is 5.56 Å². The van der Waals surface area contributed by atoms with Gasteiger partial charge in [0.1, 0.15) is 5.82 Å². The smallest absolute Gasteiger partial charge is 0.261 e. The molecule has 2 heterocycles. The molecule has 4 rings (SSSR count). The summed E-state index contributed by atoms with van der Waals surface area (Å²) in [5, 5.41) is 13.8. The van der Waals surface area contributed by atoms with Gasteiger partial charge in [-0.05, 0) is 24.3 Å². The van der Waals surface area contributed by atoms with E-state index in [-0.39, 0.29) is 11.5 Å². The highest BCUT2D eigenvalue weighted by Crippen LogP contribution is 2.34. The van der Waals surface area contributed by atoms with E-state index in [4.69, 9.17) is 17.3 Å². The summed E-state index contributed by atoms with van der Waals surface area (Å²) in [5.41, 5.74) is 8.65. The van der Waals surface area contributed by atoms with Crippen molar-refractivity contribution >= 4 is 38.8 Å². The Balaban J connectivity index is 1.69. The molecular weight excluding hydrogens is 414 g/mol. The number of aliphatic hydroxyl groups excluding tert-OH is 1. The number of aliphatic hydroxyl groups is 1. The molecule has 4 aromatic rings. The molecule has 0 fully saturated rings. The van der Waals surface area contributed by atoms with Crippen LogP contribution in [0.15, 0.2) is 65.8 Å². The number of hydrogen-bond acceptors (Lipinski definition) is 6. The number of hydrogen-bond donors (Lipinski definition) is 3. The topological polar surface area (TPSA) is 123 Å². The summed E-state index contributed by atoms with van der Waals surface area (Å²) in [5.74, 6) is 0.300. The van der Waals surface area contributed by atoms with Gasteiger partial charge in [0.05, 0.1) is 28.4 Å². The van der Waals surface area contributed by atoms with Gasteiger partial charge in [0, 0.05) is 22.9 Å². The fraction of sp³-hybridized carbons (Fsp3) is 0.0526. The lowest BCUT2D eigenvalue weighted by Crippen LogP contribution is -2.12. The number of anilines is 2. The fourth-order valence-corrected chi connectivity index (χ4v) is 4.28. The average Bonchev–Trinajstić information content (AvgIpc) is 3.13. The van der Waals surface area contributed by atoms with Crippen molar-refractivity contribution < 1.29 is 13.5 Å². The maximum atomic E-state index is 12.5. The molecule has 0 bridgehead atoms. The number of nitrogens with two attached hydrogens (primary N) is 1. The second-order valence-corrected chi connectivity index (χ2v) is 8.32. The standard InChI is InChI=1S/C19H16ClN5O3S/c20-17-8-13(24-29(27,28)14-4-2-1-3-5-14)6-7-15(17)16-10-22-19-12(11-26)9-23-25(19)18(16)21/h1-10,24,26H,11,21H2. The third kappa shape index (κ3) is 3.51. The summed E-state index contributed by atoms with van der Waals surface area (Å²) in [6.07, 6.45) is 3.03. The van der Waals surface area contributed by atoms with Crippen LogP contribution in [0.25, 0.3) is 16.8 Å². The van der Waals surface area contributed by atoms with Crippen LogP contribution < -0.4 is 10.5 Å². The van der Waals surface area contributed by atoms with Crippen LogP contribution in [0.4, 0.5) is 11.5 Å². The number of nitrogens with zero attached hydrogens (tertiary/aromatic N) is 3. The zero-order valence-electron chi connectivity index (χ0n) is 14.9. The molecule has 148 valence electrons. The molecule has 0 saturated carbocycles. The lowest BCUT2D eigenvalue weighted by atomic mass is 10.1. The number of sulfonamides is 1. The molecule has 2 aromatic heterocycles. The van der Waals surface area contributed by atoms with Gasteiger partial charge in [0.2, 0.25) is 0 Å². The summed E-state index contributed by atoms with van der Waals surface area (Å²) in [6, 6.07) is 12.8. The van der Waals surface area contributed by atoms with Crippen LogP contribution in [-0.4, -0.2) is 28.1 Å². The zero-order valence-corrected chi connectivity index (χ0v) is 16.5. The molecule has 0 saturated heterocycles. The fourth-order valence-electron chi connectivity index (χ4n) is 2.93. The second-order valence-electron chi connectivity index (χ2n) is 6.23. The first-order valence-corrected chi connectivity index (χ1v) is 10.4. The van der Waals surface area contributed by atoms with Crippen LogP contribution in [0.3, 0.4) is 0 Å². The number of fused-ring (bicyclic) bond motifs is 1. The normalized spacial score (nSPS) is 11.7. The molecule has 29 heavy (non-hydrogen) atoms. The number of rotatable bonds is 5. The molecule has 4 N–H and O–H groups in total. The third-order valence-corrected chi connectivity index (χ3v) is 6.08. The Labute approximate surface area is 171 Å². The molecular formula is C19H16ClN5O3S. The van der Waals surface area contributed by atoms with E-state index in [2.05, 4.69) is 14.8 Å². The van der Waals surface area contributed by atoms with Crippen molar-refractivity contribution in [3.05, 3.63) is 71.5 Å². The predicted octanol–water partition coefficient (Wildman–Crippen LogP) is 2.93. The molecule has 0 unspecified atom stereocenters. The summed E-state index contributed by atoms with van der Waals surface area (Å²) < 4.78 is 28.9. The lowest BCUT2D eigenvalue weighted by molar-refractivity contribution is 0.283. The van der Waals surface area contributed by atoms with Gasteiger partial charge in [-0.15, -0.1) is 0 Å². The minimum absolute atomic E-state index is 0.150.